The fraction of sp³-hybridized carbons (Fsp3) is 0.348. The molecule has 0 bridgehead atoms. The molecule has 0 amide bonds. The predicted octanol–water partition coefficient (Wildman–Crippen LogP) is 0.916. The molecule has 1 aliphatic rings. The van der Waals surface area contributed by atoms with E-state index in [-0.39, 0.29) is 11.7 Å². The van der Waals surface area contributed by atoms with Gasteiger partial charge in [0, 0.05) is 36.0 Å². The molecule has 1 fully saturated rings. The number of sulfonamides is 1. The van der Waals surface area contributed by atoms with Gasteiger partial charge in [0.1, 0.15) is 6.20 Å². The van der Waals surface area contributed by atoms with Crippen LogP contribution in [0.5, 0.6) is 0 Å². The number of aromatic nitrogens is 1. The highest BCUT2D eigenvalue weighted by molar-refractivity contribution is 7.93. The lowest BCUT2D eigenvalue weighted by molar-refractivity contribution is -0.352. The molecule has 1 aromatic heterocycles. The third-order valence-corrected chi connectivity index (χ3v) is 7.12. The van der Waals surface area contributed by atoms with Crippen molar-refractivity contribution >= 4 is 33.5 Å². The zero-order chi connectivity index (χ0) is 23.1. The fourth-order valence-electron chi connectivity index (χ4n) is 3.49. The van der Waals surface area contributed by atoms with Crippen LogP contribution in [0.3, 0.4) is 0 Å². The normalized spacial score (nSPS) is 18.4. The topological polar surface area (TPSA) is 119 Å². The summed E-state index contributed by atoms with van der Waals surface area (Å²) < 4.78 is 26.9. The molecular formula is C23H30N5O3S+. The summed E-state index contributed by atoms with van der Waals surface area (Å²) in [6, 6.07) is 12.7. The molecule has 8 nitrogen and oxygen atoms in total. The van der Waals surface area contributed by atoms with Gasteiger partial charge in [-0.2, -0.15) is 0 Å². The quantitative estimate of drug-likeness (QED) is 0.508. The monoisotopic (exact) mass is 456 g/mol. The summed E-state index contributed by atoms with van der Waals surface area (Å²) in [5.74, 6) is 0.569. The Balaban J connectivity index is 1.62. The van der Waals surface area contributed by atoms with E-state index in [1.807, 2.05) is 24.3 Å². The molecule has 4 N–H and O–H groups in total. The van der Waals surface area contributed by atoms with E-state index in [1.54, 1.807) is 44.5 Å². The van der Waals surface area contributed by atoms with Gasteiger partial charge in [0.25, 0.3) is 0 Å². The molecule has 0 aliphatic carbocycles. The molecule has 3 rings (SSSR count). The van der Waals surface area contributed by atoms with Gasteiger partial charge < -0.3 is 5.73 Å². The van der Waals surface area contributed by atoms with Crippen molar-refractivity contribution in [3.8, 4) is 0 Å². The van der Waals surface area contributed by atoms with Crippen LogP contribution in [-0.4, -0.2) is 55.2 Å². The summed E-state index contributed by atoms with van der Waals surface area (Å²) >= 11 is 0. The van der Waals surface area contributed by atoms with Crippen molar-refractivity contribution in [2.24, 2.45) is 5.73 Å². The summed E-state index contributed by atoms with van der Waals surface area (Å²) in [5.41, 5.74) is 7.94. The van der Waals surface area contributed by atoms with E-state index in [4.69, 9.17) is 5.73 Å². The van der Waals surface area contributed by atoms with Crippen molar-refractivity contribution in [2.45, 2.75) is 31.4 Å². The third-order valence-electron chi connectivity index (χ3n) is 5.36. The van der Waals surface area contributed by atoms with Crippen LogP contribution >= 0.6 is 0 Å². The standard InChI is InChI=1S/C23H29N5O3S/c1-17(2)32(30,31)27-20-7-5-6-19(12-20)21-9-11-28(16-22(21)29)15-18(13-24)14-26-23-8-3-4-10-25-23/h3-8,10,12-14,17,21,27H,9,11,15-16,24H2,1-2H3/p+1/t21-/m0/s1. The maximum absolute atomic E-state index is 12.9. The number of nitrogens with one attached hydrogen (secondary N) is 2. The number of anilines is 1. The van der Waals surface area contributed by atoms with Crippen LogP contribution < -0.4 is 15.4 Å². The molecule has 0 radical (unpaired) electrons. The molecule has 0 unspecified atom stereocenters. The van der Waals surface area contributed by atoms with Crippen molar-refractivity contribution in [3.05, 3.63) is 66.0 Å². The van der Waals surface area contributed by atoms with Gasteiger partial charge in [0.15, 0.2) is 5.78 Å². The second kappa shape index (κ2) is 10.5. The molecule has 9 heteroatoms. The van der Waals surface area contributed by atoms with Crippen LogP contribution in [0.1, 0.15) is 31.7 Å². The second-order valence-electron chi connectivity index (χ2n) is 8.08. The van der Waals surface area contributed by atoms with E-state index >= 15 is 0 Å². The first-order valence-corrected chi connectivity index (χ1v) is 12.1. The lowest BCUT2D eigenvalue weighted by Crippen LogP contribution is -2.63. The number of hydrogen-bond donors (Lipinski definition) is 3. The van der Waals surface area contributed by atoms with Gasteiger partial charge in [-0.15, -0.1) is 0 Å². The molecule has 1 aromatic carbocycles. The van der Waals surface area contributed by atoms with Crippen molar-refractivity contribution in [2.75, 3.05) is 24.4 Å². The Kier molecular flexibility index (Phi) is 7.76. The first-order chi connectivity index (χ1) is 15.3. The zero-order valence-corrected chi connectivity index (χ0v) is 19.2. The number of nitrogens with zero attached hydrogens (tertiary/aromatic N) is 2. The van der Waals surface area contributed by atoms with Gasteiger partial charge in [-0.3, -0.25) is 14.4 Å². The summed E-state index contributed by atoms with van der Waals surface area (Å²) in [6.07, 6.45) is 5.68. The summed E-state index contributed by atoms with van der Waals surface area (Å²) in [6.45, 7) is 4.83. The maximum atomic E-state index is 12.9. The van der Waals surface area contributed by atoms with Crippen LogP contribution in [0.25, 0.3) is 0 Å². The SMILES string of the molecule is CC(C)S(=O)(=O)Nc1cccc([C@@H]2CCN(CC(C=[NH+]c3ccccn3)=CN)CC2=O)c1. The van der Waals surface area contributed by atoms with E-state index in [9.17, 15) is 13.2 Å². The van der Waals surface area contributed by atoms with Gasteiger partial charge in [-0.05, 0) is 50.6 Å². The largest absolute Gasteiger partial charge is 0.404 e. The minimum absolute atomic E-state index is 0.106. The fourth-order valence-corrected chi connectivity index (χ4v) is 4.18. The number of likely N-dealkylation sites (tertiary alicyclic amines) is 1. The van der Waals surface area contributed by atoms with Crippen LogP contribution in [0.4, 0.5) is 11.5 Å². The molecular weight excluding hydrogens is 426 g/mol. The Hall–Kier alpha value is -3.04. The number of nitrogens with two attached hydrogens (primary N) is 1. The van der Waals surface area contributed by atoms with Crippen molar-refractivity contribution in [3.63, 3.8) is 0 Å². The highest BCUT2D eigenvalue weighted by Crippen LogP contribution is 2.28. The average molecular weight is 457 g/mol. The first-order valence-electron chi connectivity index (χ1n) is 10.6. The molecule has 1 aliphatic heterocycles. The number of hydrogen-bond acceptors (Lipinski definition) is 6. The van der Waals surface area contributed by atoms with Gasteiger partial charge in [0.05, 0.1) is 18.0 Å². The molecule has 2 heterocycles. The number of carbonyl (C=O) groups is 1. The number of benzene rings is 1. The van der Waals surface area contributed by atoms with E-state index in [0.717, 1.165) is 23.5 Å². The van der Waals surface area contributed by atoms with Crippen LogP contribution in [-0.2, 0) is 14.8 Å². The van der Waals surface area contributed by atoms with Crippen molar-refractivity contribution in [1.29, 1.82) is 0 Å². The predicted molar refractivity (Wildman–Crippen MR) is 126 cm³/mol. The van der Waals surface area contributed by atoms with Gasteiger partial charge in [0.2, 0.25) is 10.0 Å². The van der Waals surface area contributed by atoms with Gasteiger partial charge in [-0.1, -0.05) is 23.2 Å². The molecule has 1 saturated heterocycles. The number of pyridine rings is 1. The summed E-state index contributed by atoms with van der Waals surface area (Å²) in [7, 11) is -3.44. The minimum atomic E-state index is -3.44. The Bertz CT molecular complexity index is 1100. The third kappa shape index (κ3) is 6.24. The smallest absolute Gasteiger partial charge is 0.320 e. The molecule has 32 heavy (non-hydrogen) atoms. The Labute approximate surface area is 189 Å². The lowest BCUT2D eigenvalue weighted by atomic mass is 9.88. The average Bonchev–Trinajstić information content (AvgIpc) is 2.77. The summed E-state index contributed by atoms with van der Waals surface area (Å²) in [4.78, 5) is 22.3. The number of carbonyl (C=O) groups excluding carboxylic acids is 1. The Morgan fingerprint density at radius 2 is 2.12 bits per heavy atom. The molecule has 0 saturated carbocycles. The number of piperidine rings is 1. The lowest BCUT2D eigenvalue weighted by Gasteiger charge is -2.31. The number of rotatable bonds is 8. The molecule has 0 spiro atoms. The second-order valence-corrected chi connectivity index (χ2v) is 10.3. The summed E-state index contributed by atoms with van der Waals surface area (Å²) in [5, 5.41) is -0.537. The van der Waals surface area contributed by atoms with E-state index in [2.05, 4.69) is 19.6 Å². The minimum Gasteiger partial charge on any atom is -0.404 e. The highest BCUT2D eigenvalue weighted by atomic mass is 32.2. The van der Waals surface area contributed by atoms with E-state index in [0.29, 0.717) is 25.2 Å². The van der Waals surface area contributed by atoms with E-state index < -0.39 is 15.3 Å². The molecule has 1 atom stereocenters. The number of Topliss-reactive ketones (excluding diaryl/α,β-unsaturated/α-hetero) is 1. The van der Waals surface area contributed by atoms with Gasteiger partial charge >= 0.3 is 5.82 Å². The van der Waals surface area contributed by atoms with Crippen LogP contribution in [0.15, 0.2) is 60.4 Å². The maximum Gasteiger partial charge on any atom is 0.320 e. The highest BCUT2D eigenvalue weighted by Gasteiger charge is 2.29. The first kappa shape index (κ1) is 23.6. The molecule has 2 aromatic rings. The van der Waals surface area contributed by atoms with E-state index in [1.165, 1.54) is 6.20 Å². The van der Waals surface area contributed by atoms with Crippen molar-refractivity contribution in [1.82, 2.24) is 9.88 Å². The van der Waals surface area contributed by atoms with Crippen molar-refractivity contribution < 1.29 is 18.2 Å². The van der Waals surface area contributed by atoms with Crippen LogP contribution in [0, 0.1) is 0 Å². The number of ketones is 1. The Morgan fingerprint density at radius 1 is 1.31 bits per heavy atom. The Morgan fingerprint density at radius 3 is 2.78 bits per heavy atom. The van der Waals surface area contributed by atoms with Gasteiger partial charge in [-0.25, -0.2) is 13.4 Å². The van der Waals surface area contributed by atoms with Crippen LogP contribution in [0.2, 0.25) is 0 Å². The zero-order valence-electron chi connectivity index (χ0n) is 18.4. The molecule has 170 valence electrons.